The van der Waals surface area contributed by atoms with Crippen molar-refractivity contribution >= 4 is 27.2 Å². The van der Waals surface area contributed by atoms with Gasteiger partial charge in [0.1, 0.15) is 0 Å². The van der Waals surface area contributed by atoms with Crippen LogP contribution in [-0.2, 0) is 0 Å². The van der Waals surface area contributed by atoms with E-state index in [2.05, 4.69) is 29.0 Å². The minimum absolute atomic E-state index is 0.255. The molecule has 0 amide bonds. The van der Waals surface area contributed by atoms with E-state index in [-0.39, 0.29) is 5.78 Å². The maximum Gasteiger partial charge on any atom is 0.186 e. The molecule has 0 aliphatic carbocycles. The van der Waals surface area contributed by atoms with Gasteiger partial charge in [0, 0.05) is 30.9 Å². The molecule has 4 heteroatoms. The van der Waals surface area contributed by atoms with E-state index in [9.17, 15) is 4.79 Å². The number of piperazine rings is 1. The molecule has 1 aromatic heterocycles. The molecule has 3 rings (SSSR count). The predicted octanol–water partition coefficient (Wildman–Crippen LogP) is 2.33. The largest absolute Gasteiger partial charge is 0.304 e. The van der Waals surface area contributed by atoms with Crippen molar-refractivity contribution in [3.05, 3.63) is 35.2 Å². The third kappa shape index (κ3) is 2.86. The molecule has 0 atom stereocenters. The Bertz CT molecular complexity index is 552. The number of Topliss-reactive ketones (excluding diaryl/α,β-unsaturated/α-hetero) is 1. The van der Waals surface area contributed by atoms with E-state index in [1.54, 1.807) is 11.3 Å². The summed E-state index contributed by atoms with van der Waals surface area (Å²) < 4.78 is 1.20. The van der Waals surface area contributed by atoms with Crippen molar-refractivity contribution in [1.82, 2.24) is 9.80 Å². The van der Waals surface area contributed by atoms with Crippen molar-refractivity contribution in [2.24, 2.45) is 0 Å². The summed E-state index contributed by atoms with van der Waals surface area (Å²) >= 11 is 1.61. The van der Waals surface area contributed by atoms with Crippen molar-refractivity contribution in [3.8, 4) is 0 Å². The van der Waals surface area contributed by atoms with Gasteiger partial charge < -0.3 is 4.90 Å². The number of rotatable bonds is 3. The molecular weight excluding hydrogens is 256 g/mol. The van der Waals surface area contributed by atoms with Crippen LogP contribution in [0, 0.1) is 0 Å². The third-order valence-corrected chi connectivity index (χ3v) is 4.82. The Hall–Kier alpha value is -1.23. The van der Waals surface area contributed by atoms with E-state index >= 15 is 0 Å². The molecule has 1 aliphatic rings. The molecule has 0 unspecified atom stereocenters. The van der Waals surface area contributed by atoms with Crippen molar-refractivity contribution < 1.29 is 4.79 Å². The van der Waals surface area contributed by atoms with Gasteiger partial charge in [-0.3, -0.25) is 9.69 Å². The first-order valence-electron chi connectivity index (χ1n) is 6.65. The summed E-state index contributed by atoms with van der Waals surface area (Å²) in [6.07, 6.45) is 0. The molecule has 19 heavy (non-hydrogen) atoms. The lowest BCUT2D eigenvalue weighted by Crippen LogP contribution is -2.46. The van der Waals surface area contributed by atoms with Crippen LogP contribution < -0.4 is 0 Å². The van der Waals surface area contributed by atoms with Crippen LogP contribution in [0.5, 0.6) is 0 Å². The summed E-state index contributed by atoms with van der Waals surface area (Å²) in [5.74, 6) is 0.255. The smallest absolute Gasteiger partial charge is 0.186 e. The fourth-order valence-electron chi connectivity index (χ4n) is 2.41. The molecule has 100 valence electrons. The van der Waals surface area contributed by atoms with Gasteiger partial charge >= 0.3 is 0 Å². The van der Waals surface area contributed by atoms with Crippen LogP contribution in [0.2, 0.25) is 0 Å². The Morgan fingerprint density at radius 3 is 2.68 bits per heavy atom. The second kappa shape index (κ2) is 5.41. The molecule has 0 bridgehead atoms. The Morgan fingerprint density at radius 1 is 1.21 bits per heavy atom. The monoisotopic (exact) mass is 274 g/mol. The lowest BCUT2D eigenvalue weighted by molar-refractivity contribution is 0.0880. The normalized spacial score (nSPS) is 17.9. The summed E-state index contributed by atoms with van der Waals surface area (Å²) in [5, 5.41) is 1.18. The molecule has 1 aromatic carbocycles. The minimum atomic E-state index is 0.255. The van der Waals surface area contributed by atoms with Crippen LogP contribution in [-0.4, -0.2) is 55.4 Å². The summed E-state index contributed by atoms with van der Waals surface area (Å²) in [6.45, 7) is 4.65. The molecule has 3 nitrogen and oxygen atoms in total. The third-order valence-electron chi connectivity index (χ3n) is 3.66. The summed E-state index contributed by atoms with van der Waals surface area (Å²) in [6, 6.07) is 10.2. The van der Waals surface area contributed by atoms with Gasteiger partial charge in [-0.2, -0.15) is 0 Å². The quantitative estimate of drug-likeness (QED) is 0.803. The molecule has 1 aliphatic heterocycles. The second-order valence-electron chi connectivity index (χ2n) is 5.15. The van der Waals surface area contributed by atoms with Gasteiger partial charge in [0.25, 0.3) is 0 Å². The van der Waals surface area contributed by atoms with Crippen molar-refractivity contribution in [1.29, 1.82) is 0 Å². The number of carbonyl (C=O) groups is 1. The van der Waals surface area contributed by atoms with Crippen LogP contribution in [0.1, 0.15) is 9.67 Å². The number of thiophene rings is 1. The Kier molecular flexibility index (Phi) is 3.64. The molecule has 0 saturated carbocycles. The first-order valence-corrected chi connectivity index (χ1v) is 7.47. The average molecular weight is 274 g/mol. The molecule has 1 saturated heterocycles. The van der Waals surface area contributed by atoms with Gasteiger partial charge in [-0.25, -0.2) is 0 Å². The number of ketones is 1. The lowest BCUT2D eigenvalue weighted by atomic mass is 10.2. The highest BCUT2D eigenvalue weighted by Crippen LogP contribution is 2.25. The number of likely N-dealkylation sites (N-methyl/N-ethyl adjacent to an activating group) is 1. The molecular formula is C15H18N2OS. The van der Waals surface area contributed by atoms with Gasteiger partial charge in [-0.15, -0.1) is 11.3 Å². The van der Waals surface area contributed by atoms with Crippen molar-refractivity contribution in [2.75, 3.05) is 39.8 Å². The standard InChI is InChI=1S/C15H18N2OS/c1-16-6-8-17(9-7-16)11-13(18)15-10-12-4-2-3-5-14(12)19-15/h2-5,10H,6-9,11H2,1H3. The maximum absolute atomic E-state index is 12.3. The molecule has 2 aromatic rings. The fraction of sp³-hybridized carbons (Fsp3) is 0.400. The fourth-order valence-corrected chi connectivity index (χ4v) is 3.40. The Labute approximate surface area is 117 Å². The molecule has 0 radical (unpaired) electrons. The molecule has 1 fully saturated rings. The number of benzene rings is 1. The number of nitrogens with zero attached hydrogens (tertiary/aromatic N) is 2. The highest BCUT2D eigenvalue weighted by atomic mass is 32.1. The first-order chi connectivity index (χ1) is 9.22. The maximum atomic E-state index is 12.3. The highest BCUT2D eigenvalue weighted by Gasteiger charge is 2.18. The van der Waals surface area contributed by atoms with Gasteiger partial charge in [0.2, 0.25) is 0 Å². The molecule has 0 spiro atoms. The van der Waals surface area contributed by atoms with Crippen LogP contribution in [0.4, 0.5) is 0 Å². The van der Waals surface area contributed by atoms with Gasteiger partial charge in [-0.1, -0.05) is 18.2 Å². The molecule has 0 N–H and O–H groups in total. The lowest BCUT2D eigenvalue weighted by Gasteiger charge is -2.31. The zero-order chi connectivity index (χ0) is 13.2. The van der Waals surface area contributed by atoms with Gasteiger partial charge in [-0.05, 0) is 24.6 Å². The van der Waals surface area contributed by atoms with E-state index in [1.807, 2.05) is 18.2 Å². The van der Waals surface area contributed by atoms with E-state index in [0.29, 0.717) is 6.54 Å². The summed E-state index contributed by atoms with van der Waals surface area (Å²) in [7, 11) is 2.13. The van der Waals surface area contributed by atoms with Gasteiger partial charge in [0.05, 0.1) is 11.4 Å². The minimum Gasteiger partial charge on any atom is -0.304 e. The number of fused-ring (bicyclic) bond motifs is 1. The first kappa shape index (κ1) is 12.8. The van der Waals surface area contributed by atoms with E-state index in [1.165, 1.54) is 10.1 Å². The van der Waals surface area contributed by atoms with Crippen LogP contribution in [0.15, 0.2) is 30.3 Å². The zero-order valence-electron chi connectivity index (χ0n) is 11.1. The van der Waals surface area contributed by atoms with Crippen molar-refractivity contribution in [2.45, 2.75) is 0 Å². The average Bonchev–Trinajstić information content (AvgIpc) is 2.85. The number of hydrogen-bond acceptors (Lipinski definition) is 4. The summed E-state index contributed by atoms with van der Waals surface area (Å²) in [4.78, 5) is 17.8. The van der Waals surface area contributed by atoms with E-state index in [4.69, 9.17) is 0 Å². The second-order valence-corrected chi connectivity index (χ2v) is 6.23. The SMILES string of the molecule is CN1CCN(CC(=O)c2cc3ccccc3s2)CC1. The number of hydrogen-bond donors (Lipinski definition) is 0. The Balaban J connectivity index is 1.70. The molecule has 2 heterocycles. The van der Waals surface area contributed by atoms with Crippen LogP contribution >= 0.6 is 11.3 Å². The predicted molar refractivity (Wildman–Crippen MR) is 80.1 cm³/mol. The highest BCUT2D eigenvalue weighted by molar-refractivity contribution is 7.20. The van der Waals surface area contributed by atoms with Crippen molar-refractivity contribution in [3.63, 3.8) is 0 Å². The topological polar surface area (TPSA) is 23.6 Å². The van der Waals surface area contributed by atoms with E-state index < -0.39 is 0 Å². The van der Waals surface area contributed by atoms with Crippen LogP contribution in [0.3, 0.4) is 0 Å². The summed E-state index contributed by atoms with van der Waals surface area (Å²) in [5.41, 5.74) is 0. The number of carbonyl (C=O) groups excluding carboxylic acids is 1. The van der Waals surface area contributed by atoms with E-state index in [0.717, 1.165) is 31.1 Å². The Morgan fingerprint density at radius 2 is 1.95 bits per heavy atom. The van der Waals surface area contributed by atoms with Gasteiger partial charge in [0.15, 0.2) is 5.78 Å². The zero-order valence-corrected chi connectivity index (χ0v) is 11.9. The van der Waals surface area contributed by atoms with Crippen LogP contribution in [0.25, 0.3) is 10.1 Å².